The van der Waals surface area contributed by atoms with Crippen LogP contribution in [0, 0.1) is 13.8 Å². The normalized spacial score (nSPS) is 10.1. The summed E-state index contributed by atoms with van der Waals surface area (Å²) in [6.45, 7) is 11.9. The van der Waals surface area contributed by atoms with Crippen molar-refractivity contribution < 1.29 is 59.9 Å². The Morgan fingerprint density at radius 3 is 1.27 bits per heavy atom. The predicted molar refractivity (Wildman–Crippen MR) is 215 cm³/mol. The summed E-state index contributed by atoms with van der Waals surface area (Å²) in [6.07, 6.45) is 5.05. The molecule has 0 aliphatic heterocycles. The lowest BCUT2D eigenvalue weighted by atomic mass is 10.1. The number of esters is 2. The van der Waals surface area contributed by atoms with Gasteiger partial charge in [-0.3, -0.25) is 0 Å². The molecule has 0 atom stereocenters. The van der Waals surface area contributed by atoms with E-state index in [4.69, 9.17) is 18.9 Å². The maximum Gasteiger partial charge on any atom is 0.341 e. The van der Waals surface area contributed by atoms with E-state index in [1.165, 1.54) is 24.8 Å². The lowest BCUT2D eigenvalue weighted by Gasteiger charge is -2.15. The zero-order valence-electron chi connectivity index (χ0n) is 32.5. The van der Waals surface area contributed by atoms with Crippen LogP contribution in [0.5, 0.6) is 35.3 Å². The van der Waals surface area contributed by atoms with Gasteiger partial charge in [0.2, 0.25) is 11.8 Å². The van der Waals surface area contributed by atoms with Crippen molar-refractivity contribution in [3.8, 4) is 35.3 Å². The van der Waals surface area contributed by atoms with Crippen LogP contribution in [0.3, 0.4) is 0 Å². The number of halogens is 1. The Labute approximate surface area is 341 Å². The van der Waals surface area contributed by atoms with Crippen molar-refractivity contribution in [3.05, 3.63) is 59.4 Å². The molecule has 6 heterocycles. The first-order valence-corrected chi connectivity index (χ1v) is 17.1. The molecule has 10 N–H and O–H groups in total. The highest BCUT2D eigenvalue weighted by Gasteiger charge is 2.22. The third-order valence-corrected chi connectivity index (χ3v) is 7.62. The van der Waals surface area contributed by atoms with Gasteiger partial charge in [-0.15, -0.1) is 12.4 Å². The average Bonchev–Trinajstić information content (AvgIpc) is 3.15. The highest BCUT2D eigenvalue weighted by molar-refractivity contribution is 6.07. The molecule has 316 valence electrons. The minimum absolute atomic E-state index is 0. The van der Waals surface area contributed by atoms with E-state index in [9.17, 15) is 30.0 Å². The second-order valence-electron chi connectivity index (χ2n) is 11.4. The standard InChI is InChI=1S/2C18H19N5O5.ClH.2H2O/c2*1-4-27-13-6-10-14(22-12-8-20-18(26)23-16(12)24)11(17(25)28-5-2)7-19-15(10)21-9(13)3;;;/h2*6-8H,4-5H2,1-3H3,(H,19,21,22)(H2,20,23,24,26);1H;2*1H2. The lowest BCUT2D eigenvalue weighted by molar-refractivity contribution is 0.0517. The maximum atomic E-state index is 12.4. The Bertz CT molecular complexity index is 2260. The topological polar surface area (TPSA) is 342 Å². The third kappa shape index (κ3) is 11.0. The average molecular weight is 843 g/mol. The van der Waals surface area contributed by atoms with Crippen LogP contribution in [0.1, 0.15) is 59.8 Å². The minimum Gasteiger partial charge on any atom is -0.492 e. The molecule has 0 unspecified atom stereocenters. The van der Waals surface area contributed by atoms with Crippen molar-refractivity contribution in [2.24, 2.45) is 0 Å². The fourth-order valence-electron chi connectivity index (χ4n) is 5.16. The van der Waals surface area contributed by atoms with Crippen LogP contribution in [-0.4, -0.2) is 110 Å². The molecule has 0 amide bonds. The molecule has 0 aliphatic carbocycles. The Balaban J connectivity index is 0.000000387. The zero-order chi connectivity index (χ0) is 40.5. The maximum absolute atomic E-state index is 12.4. The first-order valence-electron chi connectivity index (χ1n) is 17.1. The van der Waals surface area contributed by atoms with Crippen LogP contribution in [0.15, 0.2) is 36.9 Å². The molecular weight excluding hydrogens is 800 g/mol. The van der Waals surface area contributed by atoms with Crippen molar-refractivity contribution in [3.63, 3.8) is 0 Å². The van der Waals surface area contributed by atoms with E-state index in [0.717, 1.165) is 0 Å². The molecule has 0 fully saturated rings. The van der Waals surface area contributed by atoms with Crippen LogP contribution >= 0.6 is 12.4 Å². The Morgan fingerprint density at radius 1 is 0.576 bits per heavy atom. The van der Waals surface area contributed by atoms with Crippen LogP contribution < -0.4 is 20.1 Å². The second-order valence-corrected chi connectivity index (χ2v) is 11.4. The van der Waals surface area contributed by atoms with Crippen molar-refractivity contribution in [1.29, 1.82) is 0 Å². The highest BCUT2D eigenvalue weighted by Crippen LogP contribution is 2.36. The number of aromatic nitrogens is 8. The quantitative estimate of drug-likeness (QED) is 0.0956. The van der Waals surface area contributed by atoms with E-state index in [-0.39, 0.29) is 59.1 Å². The van der Waals surface area contributed by atoms with Crippen molar-refractivity contribution in [2.45, 2.75) is 41.5 Å². The molecular formula is C36H43ClN10O12. The number of pyridine rings is 4. The number of hydrogen-bond acceptors (Lipinski definition) is 20. The molecule has 6 rings (SSSR count). The second kappa shape index (κ2) is 21.4. The summed E-state index contributed by atoms with van der Waals surface area (Å²) in [6, 6.07) is 2.25. The molecule has 6 aromatic heterocycles. The van der Waals surface area contributed by atoms with E-state index in [2.05, 4.69) is 50.5 Å². The zero-order valence-corrected chi connectivity index (χ0v) is 33.3. The van der Waals surface area contributed by atoms with Crippen LogP contribution in [0.4, 0.5) is 22.7 Å². The summed E-state index contributed by atoms with van der Waals surface area (Å²) < 4.78 is 21.4. The minimum atomic E-state index is -0.600. The molecule has 0 aliphatic rings. The fourth-order valence-corrected chi connectivity index (χ4v) is 5.16. The number of rotatable bonds is 12. The monoisotopic (exact) mass is 842 g/mol. The van der Waals surface area contributed by atoms with Gasteiger partial charge in [-0.1, -0.05) is 0 Å². The van der Waals surface area contributed by atoms with E-state index in [0.29, 0.717) is 69.5 Å². The summed E-state index contributed by atoms with van der Waals surface area (Å²) in [7, 11) is 0. The van der Waals surface area contributed by atoms with E-state index in [1.54, 1.807) is 39.8 Å². The van der Waals surface area contributed by atoms with Crippen LogP contribution in [0.2, 0.25) is 0 Å². The largest absolute Gasteiger partial charge is 0.492 e. The first-order chi connectivity index (χ1) is 26.9. The number of aryl methyl sites for hydroxylation is 2. The number of carbonyl (C=O) groups is 2. The van der Waals surface area contributed by atoms with E-state index >= 15 is 0 Å². The smallest absolute Gasteiger partial charge is 0.341 e. The number of ether oxygens (including phenoxy) is 4. The van der Waals surface area contributed by atoms with Crippen molar-refractivity contribution in [1.82, 2.24) is 39.9 Å². The fraction of sp³-hybridized carbons (Fsp3) is 0.278. The number of anilines is 4. The summed E-state index contributed by atoms with van der Waals surface area (Å²) >= 11 is 0. The molecule has 0 bridgehead atoms. The van der Waals surface area contributed by atoms with Gasteiger partial charge < -0.3 is 61.0 Å². The summed E-state index contributed by atoms with van der Waals surface area (Å²) in [5, 5.41) is 45.4. The van der Waals surface area contributed by atoms with Crippen LogP contribution in [0.25, 0.3) is 22.1 Å². The number of fused-ring (bicyclic) bond motifs is 2. The molecule has 0 aromatic carbocycles. The Hall–Kier alpha value is -7.17. The molecule has 23 heteroatoms. The Kier molecular flexibility index (Phi) is 17.4. The van der Waals surface area contributed by atoms with Crippen LogP contribution in [-0.2, 0) is 9.47 Å². The molecule has 59 heavy (non-hydrogen) atoms. The predicted octanol–water partition coefficient (Wildman–Crippen LogP) is 3.69. The van der Waals surface area contributed by atoms with Gasteiger partial charge in [0.25, 0.3) is 0 Å². The van der Waals surface area contributed by atoms with Gasteiger partial charge in [-0.2, -0.15) is 9.97 Å². The van der Waals surface area contributed by atoms with Gasteiger partial charge in [0.05, 0.1) is 61.6 Å². The summed E-state index contributed by atoms with van der Waals surface area (Å²) in [4.78, 5) is 56.4. The molecule has 22 nitrogen and oxygen atoms in total. The molecule has 0 radical (unpaired) electrons. The summed E-state index contributed by atoms with van der Waals surface area (Å²) in [5.41, 5.74) is 3.04. The van der Waals surface area contributed by atoms with Gasteiger partial charge in [0.15, 0.2) is 11.3 Å². The van der Waals surface area contributed by atoms with Gasteiger partial charge in [-0.05, 0) is 53.7 Å². The number of nitrogens with zero attached hydrogens (tertiary/aromatic N) is 8. The highest BCUT2D eigenvalue weighted by atomic mass is 35.5. The molecule has 0 saturated heterocycles. The van der Waals surface area contributed by atoms with Crippen molar-refractivity contribution >= 4 is 69.2 Å². The lowest BCUT2D eigenvalue weighted by Crippen LogP contribution is -2.10. The molecule has 0 spiro atoms. The third-order valence-electron chi connectivity index (χ3n) is 7.62. The van der Waals surface area contributed by atoms with Gasteiger partial charge in [0, 0.05) is 23.2 Å². The summed E-state index contributed by atoms with van der Waals surface area (Å²) in [5.74, 6) is -1.11. The van der Waals surface area contributed by atoms with Gasteiger partial charge >= 0.3 is 24.0 Å². The van der Waals surface area contributed by atoms with Crippen molar-refractivity contribution in [2.75, 3.05) is 37.1 Å². The number of nitrogens with one attached hydrogen (secondary N) is 2. The van der Waals surface area contributed by atoms with E-state index in [1.807, 2.05) is 13.8 Å². The SMILES string of the molecule is CCOC(=O)c1cnc2nc(C)c(OCC)cc2c1Nc1cnc(O)nc1O.CCOC(=O)c1cnc2nc(C)c(OCC)cc2c1Nc1cnc(O)nc1O.Cl.O.O. The Morgan fingerprint density at radius 2 is 0.949 bits per heavy atom. The van der Waals surface area contributed by atoms with Gasteiger partial charge in [0.1, 0.15) is 34.0 Å². The number of carbonyl (C=O) groups excluding carboxylic acids is 2. The first kappa shape index (κ1) is 48.0. The number of aromatic hydroxyl groups is 4. The van der Waals surface area contributed by atoms with Gasteiger partial charge in [-0.25, -0.2) is 39.5 Å². The van der Waals surface area contributed by atoms with E-state index < -0.39 is 35.7 Å². The molecule has 6 aromatic rings. The molecule has 0 saturated carbocycles. The number of hydrogen-bond donors (Lipinski definition) is 6.